The van der Waals surface area contributed by atoms with Gasteiger partial charge in [-0.25, -0.2) is 0 Å². The fraction of sp³-hybridized carbons (Fsp3) is 0.412. The monoisotopic (exact) mass is 314 g/mol. The Morgan fingerprint density at radius 1 is 1.43 bits per heavy atom. The van der Waals surface area contributed by atoms with Crippen LogP contribution in [0.2, 0.25) is 0 Å². The number of hydrogen-bond donors (Lipinski definition) is 1. The van der Waals surface area contributed by atoms with E-state index in [-0.39, 0.29) is 18.4 Å². The topological polar surface area (TPSA) is 75.8 Å². The molecular formula is C17H18N2O4. The fourth-order valence-corrected chi connectivity index (χ4v) is 3.21. The Morgan fingerprint density at radius 3 is 2.96 bits per heavy atom. The first-order valence-electron chi connectivity index (χ1n) is 7.76. The maximum atomic E-state index is 12.6. The number of para-hydroxylation sites is 1. The zero-order valence-electron chi connectivity index (χ0n) is 12.9. The van der Waals surface area contributed by atoms with Crippen LogP contribution in [-0.2, 0) is 17.8 Å². The summed E-state index contributed by atoms with van der Waals surface area (Å²) in [5.41, 5.74) is 2.97. The molecule has 1 aromatic heterocycles. The van der Waals surface area contributed by atoms with Gasteiger partial charge in [0, 0.05) is 31.5 Å². The Bertz CT molecular complexity index is 749. The normalized spacial score (nSPS) is 20.1. The summed E-state index contributed by atoms with van der Waals surface area (Å²) in [6.45, 7) is 3.07. The minimum absolute atomic E-state index is 0.0303. The standard InChI is InChI=1S/C17H18N2O4/c1-10-3-2-4-11-5-15(22-16(10)11)17(21)19-7-12(8-19)14-6-13(9-20)23-18-14/h2-4,6,12,15,20H,5,7-9H2,1H3. The second-order valence-electron chi connectivity index (χ2n) is 6.19. The van der Waals surface area contributed by atoms with Gasteiger partial charge in [-0.3, -0.25) is 4.79 Å². The highest BCUT2D eigenvalue weighted by atomic mass is 16.5. The second kappa shape index (κ2) is 5.38. The molecule has 1 amide bonds. The number of aliphatic hydroxyl groups excluding tert-OH is 1. The molecule has 0 spiro atoms. The first-order chi connectivity index (χ1) is 11.2. The van der Waals surface area contributed by atoms with Gasteiger partial charge in [0.2, 0.25) is 0 Å². The molecular weight excluding hydrogens is 296 g/mol. The molecule has 1 unspecified atom stereocenters. The first-order valence-corrected chi connectivity index (χ1v) is 7.76. The molecule has 0 aliphatic carbocycles. The van der Waals surface area contributed by atoms with Crippen LogP contribution in [0.4, 0.5) is 0 Å². The molecule has 3 heterocycles. The minimum atomic E-state index is -0.419. The van der Waals surface area contributed by atoms with Crippen molar-refractivity contribution < 1.29 is 19.2 Å². The summed E-state index contributed by atoms with van der Waals surface area (Å²) in [5, 5.41) is 12.9. The van der Waals surface area contributed by atoms with Gasteiger partial charge in [0.25, 0.3) is 5.91 Å². The molecule has 6 heteroatoms. The summed E-state index contributed by atoms with van der Waals surface area (Å²) < 4.78 is 10.9. The number of fused-ring (bicyclic) bond motifs is 1. The quantitative estimate of drug-likeness (QED) is 0.927. The predicted octanol–water partition coefficient (Wildman–Crippen LogP) is 1.40. The predicted molar refractivity (Wildman–Crippen MR) is 81.0 cm³/mol. The molecule has 4 rings (SSSR count). The van der Waals surface area contributed by atoms with E-state index in [1.54, 1.807) is 11.0 Å². The molecule has 2 aliphatic heterocycles. The third kappa shape index (κ3) is 2.39. The van der Waals surface area contributed by atoms with Crippen LogP contribution in [0.25, 0.3) is 0 Å². The Morgan fingerprint density at radius 2 is 2.26 bits per heavy atom. The molecule has 120 valence electrons. The molecule has 1 atom stereocenters. The maximum absolute atomic E-state index is 12.6. The van der Waals surface area contributed by atoms with Gasteiger partial charge >= 0.3 is 0 Å². The number of carbonyl (C=O) groups is 1. The van der Waals surface area contributed by atoms with Crippen molar-refractivity contribution in [2.75, 3.05) is 13.1 Å². The van der Waals surface area contributed by atoms with Crippen LogP contribution in [0.15, 0.2) is 28.8 Å². The van der Waals surface area contributed by atoms with E-state index in [1.165, 1.54) is 0 Å². The van der Waals surface area contributed by atoms with Gasteiger partial charge in [0.05, 0.1) is 5.69 Å². The van der Waals surface area contributed by atoms with E-state index in [4.69, 9.17) is 14.4 Å². The number of aromatic nitrogens is 1. The Labute approximate surface area is 133 Å². The summed E-state index contributed by atoms with van der Waals surface area (Å²) in [6, 6.07) is 7.75. The Hall–Kier alpha value is -2.34. The van der Waals surface area contributed by atoms with Crippen molar-refractivity contribution in [3.05, 3.63) is 46.8 Å². The van der Waals surface area contributed by atoms with Crippen molar-refractivity contribution in [2.45, 2.75) is 32.0 Å². The van der Waals surface area contributed by atoms with Crippen molar-refractivity contribution >= 4 is 5.91 Å². The molecule has 1 saturated heterocycles. The van der Waals surface area contributed by atoms with E-state index in [1.807, 2.05) is 25.1 Å². The number of amides is 1. The van der Waals surface area contributed by atoms with E-state index < -0.39 is 6.10 Å². The Balaban J connectivity index is 1.38. The third-order valence-electron chi connectivity index (χ3n) is 4.58. The van der Waals surface area contributed by atoms with Gasteiger partial charge < -0.3 is 19.3 Å². The summed E-state index contributed by atoms with van der Waals surface area (Å²) in [5.74, 6) is 1.51. The highest BCUT2D eigenvalue weighted by Gasteiger charge is 2.40. The van der Waals surface area contributed by atoms with Gasteiger partial charge in [0.1, 0.15) is 12.4 Å². The van der Waals surface area contributed by atoms with Crippen molar-refractivity contribution in [1.82, 2.24) is 10.1 Å². The molecule has 6 nitrogen and oxygen atoms in total. The Kier molecular flexibility index (Phi) is 3.34. The van der Waals surface area contributed by atoms with Crippen LogP contribution in [0, 0.1) is 6.92 Å². The highest BCUT2D eigenvalue weighted by Crippen LogP contribution is 2.34. The molecule has 0 radical (unpaired) electrons. The molecule has 1 aromatic carbocycles. The number of aliphatic hydroxyl groups is 1. The van der Waals surface area contributed by atoms with Crippen LogP contribution in [-0.4, -0.2) is 40.3 Å². The fourth-order valence-electron chi connectivity index (χ4n) is 3.21. The zero-order valence-corrected chi connectivity index (χ0v) is 12.9. The zero-order chi connectivity index (χ0) is 16.0. The SMILES string of the molecule is Cc1cccc2c1OC(C(=O)N1CC(c3cc(CO)on3)C1)C2. The summed E-state index contributed by atoms with van der Waals surface area (Å²) in [7, 11) is 0. The summed E-state index contributed by atoms with van der Waals surface area (Å²) in [6.07, 6.45) is 0.215. The van der Waals surface area contributed by atoms with Crippen LogP contribution in [0.5, 0.6) is 5.75 Å². The number of benzene rings is 1. The lowest BCUT2D eigenvalue weighted by molar-refractivity contribution is -0.142. The van der Waals surface area contributed by atoms with Gasteiger partial charge in [-0.05, 0) is 18.1 Å². The third-order valence-corrected chi connectivity index (χ3v) is 4.58. The van der Waals surface area contributed by atoms with E-state index in [0.717, 1.165) is 22.6 Å². The van der Waals surface area contributed by atoms with E-state index in [9.17, 15) is 4.79 Å². The van der Waals surface area contributed by atoms with E-state index in [0.29, 0.717) is 25.3 Å². The molecule has 0 bridgehead atoms. The van der Waals surface area contributed by atoms with Crippen molar-refractivity contribution in [1.29, 1.82) is 0 Å². The highest BCUT2D eigenvalue weighted by molar-refractivity contribution is 5.83. The van der Waals surface area contributed by atoms with Crippen molar-refractivity contribution in [3.8, 4) is 5.75 Å². The summed E-state index contributed by atoms with van der Waals surface area (Å²) in [4.78, 5) is 14.4. The molecule has 2 aromatic rings. The number of nitrogens with zero attached hydrogens (tertiary/aromatic N) is 2. The summed E-state index contributed by atoms with van der Waals surface area (Å²) >= 11 is 0. The van der Waals surface area contributed by atoms with Crippen LogP contribution >= 0.6 is 0 Å². The van der Waals surface area contributed by atoms with E-state index >= 15 is 0 Å². The van der Waals surface area contributed by atoms with Gasteiger partial charge in [0.15, 0.2) is 11.9 Å². The molecule has 0 saturated carbocycles. The second-order valence-corrected chi connectivity index (χ2v) is 6.19. The molecule has 1 fully saturated rings. The molecule has 23 heavy (non-hydrogen) atoms. The van der Waals surface area contributed by atoms with Crippen LogP contribution in [0.3, 0.4) is 0 Å². The molecule has 1 N–H and O–H groups in total. The van der Waals surface area contributed by atoms with Crippen LogP contribution in [0.1, 0.15) is 28.5 Å². The molecule has 2 aliphatic rings. The number of likely N-dealkylation sites (tertiary alicyclic amines) is 1. The number of hydrogen-bond acceptors (Lipinski definition) is 5. The van der Waals surface area contributed by atoms with Crippen molar-refractivity contribution in [3.63, 3.8) is 0 Å². The van der Waals surface area contributed by atoms with Crippen LogP contribution < -0.4 is 4.74 Å². The lowest BCUT2D eigenvalue weighted by Crippen LogP contribution is -2.53. The van der Waals surface area contributed by atoms with Gasteiger partial charge in [-0.2, -0.15) is 0 Å². The smallest absolute Gasteiger partial charge is 0.264 e. The number of aryl methyl sites for hydroxylation is 1. The number of carbonyl (C=O) groups excluding carboxylic acids is 1. The van der Waals surface area contributed by atoms with E-state index in [2.05, 4.69) is 5.16 Å². The first kappa shape index (κ1) is 14.3. The lowest BCUT2D eigenvalue weighted by atomic mass is 9.95. The van der Waals surface area contributed by atoms with Gasteiger partial charge in [-0.15, -0.1) is 0 Å². The largest absolute Gasteiger partial charge is 0.480 e. The lowest BCUT2D eigenvalue weighted by Gasteiger charge is -2.39. The average molecular weight is 314 g/mol. The number of ether oxygens (including phenoxy) is 1. The van der Waals surface area contributed by atoms with Crippen molar-refractivity contribution in [2.24, 2.45) is 0 Å². The average Bonchev–Trinajstić information content (AvgIpc) is 3.12. The van der Waals surface area contributed by atoms with Gasteiger partial charge in [-0.1, -0.05) is 23.4 Å². The minimum Gasteiger partial charge on any atom is -0.480 e. The number of rotatable bonds is 3. The maximum Gasteiger partial charge on any atom is 0.264 e.